The predicted molar refractivity (Wildman–Crippen MR) is 119 cm³/mol. The van der Waals surface area contributed by atoms with E-state index in [0.717, 1.165) is 34.4 Å². The topological polar surface area (TPSA) is 81.9 Å². The molecule has 8 heteroatoms. The average molecular weight is 424 g/mol. The van der Waals surface area contributed by atoms with Gasteiger partial charge in [0.1, 0.15) is 0 Å². The van der Waals surface area contributed by atoms with Crippen molar-refractivity contribution in [2.75, 3.05) is 23.3 Å². The highest BCUT2D eigenvalue weighted by Gasteiger charge is 2.11. The second kappa shape index (κ2) is 10.0. The fourth-order valence-corrected chi connectivity index (χ4v) is 4.42. The molecule has 0 fully saturated rings. The van der Waals surface area contributed by atoms with Crippen molar-refractivity contribution < 1.29 is 4.79 Å². The number of carbonyl (C=O) groups excluding carboxylic acids is 1. The van der Waals surface area contributed by atoms with Crippen molar-refractivity contribution >= 4 is 39.8 Å². The van der Waals surface area contributed by atoms with Gasteiger partial charge in [0.25, 0.3) is 5.91 Å². The van der Waals surface area contributed by atoms with Crippen LogP contribution >= 0.6 is 23.1 Å². The Morgan fingerprint density at radius 1 is 1.10 bits per heavy atom. The summed E-state index contributed by atoms with van der Waals surface area (Å²) in [5.74, 6) is 0.525. The molecule has 2 aromatic carbocycles. The Morgan fingerprint density at radius 3 is 2.41 bits per heavy atom. The lowest BCUT2D eigenvalue weighted by Gasteiger charge is -2.20. The normalized spacial score (nSPS) is 10.4. The molecule has 1 N–H and O–H groups in total. The van der Waals surface area contributed by atoms with Gasteiger partial charge in [0.05, 0.1) is 11.6 Å². The molecule has 0 aliphatic heterocycles. The molecular weight excluding hydrogens is 402 g/mol. The van der Waals surface area contributed by atoms with Crippen molar-refractivity contribution in [3.05, 3.63) is 65.2 Å². The van der Waals surface area contributed by atoms with Crippen LogP contribution in [0.3, 0.4) is 0 Å². The van der Waals surface area contributed by atoms with Gasteiger partial charge >= 0.3 is 0 Å². The zero-order chi connectivity index (χ0) is 20.6. The molecule has 0 aliphatic rings. The van der Waals surface area contributed by atoms with E-state index >= 15 is 0 Å². The molecule has 1 amide bonds. The second-order valence-electron chi connectivity index (χ2n) is 6.14. The van der Waals surface area contributed by atoms with Gasteiger partial charge in [-0.05, 0) is 55.8 Å². The van der Waals surface area contributed by atoms with E-state index in [0.29, 0.717) is 16.3 Å². The highest BCUT2D eigenvalue weighted by atomic mass is 32.2. The third-order valence-corrected chi connectivity index (χ3v) is 6.37. The third-order valence-electron chi connectivity index (χ3n) is 4.33. The maximum atomic E-state index is 12.5. The van der Waals surface area contributed by atoms with E-state index < -0.39 is 0 Å². The number of carbonyl (C=O) groups is 1. The van der Waals surface area contributed by atoms with Crippen LogP contribution in [0.4, 0.5) is 10.8 Å². The molecule has 0 aliphatic carbocycles. The Hall–Kier alpha value is -2.89. The summed E-state index contributed by atoms with van der Waals surface area (Å²) in [7, 11) is 0. The summed E-state index contributed by atoms with van der Waals surface area (Å²) in [6.07, 6.45) is 0. The molecular formula is C21H21N5OS2. The van der Waals surface area contributed by atoms with Gasteiger partial charge in [-0.1, -0.05) is 35.2 Å². The van der Waals surface area contributed by atoms with Crippen molar-refractivity contribution in [3.63, 3.8) is 0 Å². The lowest BCUT2D eigenvalue weighted by atomic mass is 10.2. The summed E-state index contributed by atoms with van der Waals surface area (Å²) in [4.78, 5) is 14.7. The van der Waals surface area contributed by atoms with Crippen LogP contribution in [-0.2, 0) is 5.75 Å². The number of thioether (sulfide) groups is 1. The first-order valence-corrected chi connectivity index (χ1v) is 11.0. The lowest BCUT2D eigenvalue weighted by Crippen LogP contribution is -2.21. The fourth-order valence-electron chi connectivity index (χ4n) is 2.72. The Balaban J connectivity index is 1.56. The molecule has 0 spiro atoms. The van der Waals surface area contributed by atoms with E-state index in [1.807, 2.05) is 36.4 Å². The van der Waals surface area contributed by atoms with Gasteiger partial charge in [0, 0.05) is 30.1 Å². The van der Waals surface area contributed by atoms with Crippen LogP contribution in [0.2, 0.25) is 0 Å². The number of hydrogen-bond donors (Lipinski definition) is 1. The largest absolute Gasteiger partial charge is 0.372 e. The number of hydrogen-bond acceptors (Lipinski definition) is 7. The molecule has 0 bridgehead atoms. The van der Waals surface area contributed by atoms with Gasteiger partial charge in [-0.25, -0.2) is 0 Å². The summed E-state index contributed by atoms with van der Waals surface area (Å²) in [6, 6.07) is 17.1. The Bertz CT molecular complexity index is 989. The molecule has 0 saturated heterocycles. The zero-order valence-corrected chi connectivity index (χ0v) is 17.9. The molecule has 6 nitrogen and oxygen atoms in total. The number of anilines is 2. The smallest absolute Gasteiger partial charge is 0.257 e. The maximum Gasteiger partial charge on any atom is 0.257 e. The number of nitriles is 1. The van der Waals surface area contributed by atoms with Gasteiger partial charge in [-0.3, -0.25) is 10.1 Å². The number of nitrogens with zero attached hydrogens (tertiary/aromatic N) is 4. The first kappa shape index (κ1) is 20.8. The zero-order valence-electron chi connectivity index (χ0n) is 16.3. The molecule has 0 unspecified atom stereocenters. The third kappa shape index (κ3) is 5.56. The van der Waals surface area contributed by atoms with Crippen LogP contribution in [0.15, 0.2) is 52.9 Å². The standard InChI is InChI=1S/C21H21N5OS2/c1-3-26(4-2)18-11-9-17(10-12-18)19(27)23-20-24-25-21(29-20)28-14-16-7-5-15(13-22)6-8-16/h5-12H,3-4,14H2,1-2H3,(H,23,24,27). The number of nitrogens with one attached hydrogen (secondary N) is 1. The predicted octanol–water partition coefficient (Wildman–Crippen LogP) is 4.80. The number of aromatic nitrogens is 2. The Morgan fingerprint density at radius 2 is 1.79 bits per heavy atom. The van der Waals surface area contributed by atoms with E-state index in [9.17, 15) is 4.79 Å². The molecule has 3 aromatic rings. The highest BCUT2D eigenvalue weighted by Crippen LogP contribution is 2.28. The van der Waals surface area contributed by atoms with E-state index in [-0.39, 0.29) is 5.91 Å². The summed E-state index contributed by atoms with van der Waals surface area (Å²) in [6.45, 7) is 6.07. The van der Waals surface area contributed by atoms with Gasteiger partial charge in [0.15, 0.2) is 4.34 Å². The Labute approximate surface area is 178 Å². The van der Waals surface area contributed by atoms with Crippen molar-refractivity contribution in [1.29, 1.82) is 5.26 Å². The van der Waals surface area contributed by atoms with Gasteiger partial charge in [-0.15, -0.1) is 10.2 Å². The van der Waals surface area contributed by atoms with Gasteiger partial charge in [-0.2, -0.15) is 5.26 Å². The monoisotopic (exact) mass is 423 g/mol. The van der Waals surface area contributed by atoms with Crippen LogP contribution in [-0.4, -0.2) is 29.2 Å². The van der Waals surface area contributed by atoms with Crippen LogP contribution in [0.25, 0.3) is 0 Å². The number of amides is 1. The van der Waals surface area contributed by atoms with Crippen molar-refractivity contribution in [3.8, 4) is 6.07 Å². The molecule has 148 valence electrons. The summed E-state index contributed by atoms with van der Waals surface area (Å²) < 4.78 is 0.779. The quantitative estimate of drug-likeness (QED) is 0.414. The number of rotatable bonds is 8. The Kier molecular flexibility index (Phi) is 7.22. The van der Waals surface area contributed by atoms with Crippen molar-refractivity contribution in [1.82, 2.24) is 10.2 Å². The second-order valence-corrected chi connectivity index (χ2v) is 8.34. The molecule has 0 radical (unpaired) electrons. The van der Waals surface area contributed by atoms with Crippen LogP contribution in [0, 0.1) is 11.3 Å². The molecule has 0 saturated carbocycles. The minimum Gasteiger partial charge on any atom is -0.372 e. The summed E-state index contributed by atoms with van der Waals surface area (Å²) >= 11 is 2.89. The van der Waals surface area contributed by atoms with Crippen LogP contribution in [0.1, 0.15) is 35.3 Å². The van der Waals surface area contributed by atoms with E-state index in [1.54, 1.807) is 23.9 Å². The maximum absolute atomic E-state index is 12.5. The number of benzene rings is 2. The van der Waals surface area contributed by atoms with Crippen LogP contribution in [0.5, 0.6) is 0 Å². The summed E-state index contributed by atoms with van der Waals surface area (Å²) in [5.41, 5.74) is 3.43. The average Bonchev–Trinajstić information content (AvgIpc) is 3.21. The first-order valence-electron chi connectivity index (χ1n) is 9.24. The molecule has 0 atom stereocenters. The summed E-state index contributed by atoms with van der Waals surface area (Å²) in [5, 5.41) is 20.3. The first-order chi connectivity index (χ1) is 14.1. The van der Waals surface area contributed by atoms with E-state index in [1.165, 1.54) is 11.3 Å². The molecule has 1 aromatic heterocycles. The minimum absolute atomic E-state index is 0.198. The van der Waals surface area contributed by atoms with Crippen LogP contribution < -0.4 is 10.2 Å². The molecule has 1 heterocycles. The fraction of sp³-hybridized carbons (Fsp3) is 0.238. The lowest BCUT2D eigenvalue weighted by molar-refractivity contribution is 0.102. The molecule has 3 rings (SSSR count). The highest BCUT2D eigenvalue weighted by molar-refractivity contribution is 8.00. The SMILES string of the molecule is CCN(CC)c1ccc(C(=O)Nc2nnc(SCc3ccc(C#N)cc3)s2)cc1. The van der Waals surface area contributed by atoms with Gasteiger partial charge < -0.3 is 4.90 Å². The van der Waals surface area contributed by atoms with Gasteiger partial charge in [0.2, 0.25) is 5.13 Å². The van der Waals surface area contributed by atoms with Crippen molar-refractivity contribution in [2.45, 2.75) is 23.9 Å². The molecule has 29 heavy (non-hydrogen) atoms. The van der Waals surface area contributed by atoms with Crippen molar-refractivity contribution in [2.24, 2.45) is 0 Å². The minimum atomic E-state index is -0.198. The van der Waals surface area contributed by atoms with E-state index in [2.05, 4.69) is 40.3 Å². The van der Waals surface area contributed by atoms with E-state index in [4.69, 9.17) is 5.26 Å².